The molecule has 0 spiro atoms. The largest absolute Gasteiger partial charge is 0.481 e. The molecule has 1 fully saturated rings. The van der Waals surface area contributed by atoms with E-state index >= 15 is 0 Å². The number of aliphatic imine (C=N–C) groups is 1. The average Bonchev–Trinajstić information content (AvgIpc) is 3.67. The van der Waals surface area contributed by atoms with Crippen molar-refractivity contribution < 1.29 is 34.5 Å². The van der Waals surface area contributed by atoms with Gasteiger partial charge < -0.3 is 35.4 Å². The molecule has 5 rings (SSSR count). The van der Waals surface area contributed by atoms with E-state index < -0.39 is 36.2 Å². The second kappa shape index (κ2) is 12.2. The molecule has 1 saturated heterocycles. The molecule has 3 aliphatic heterocycles. The number of rotatable bonds is 9. The van der Waals surface area contributed by atoms with E-state index in [0.717, 1.165) is 34.5 Å². The summed E-state index contributed by atoms with van der Waals surface area (Å²) in [7, 11) is 0. The molecule has 11 heteroatoms. The number of nitrogens with zero attached hydrogens (tertiary/aromatic N) is 1. The number of aldehydes is 1. The first-order valence-corrected chi connectivity index (χ1v) is 15.1. The molecule has 0 radical (unpaired) electrons. The Balaban J connectivity index is 1.92. The molecule has 5 heterocycles. The van der Waals surface area contributed by atoms with Crippen molar-refractivity contribution in [3.05, 3.63) is 62.3 Å². The van der Waals surface area contributed by atoms with Gasteiger partial charge in [-0.2, -0.15) is 0 Å². The number of aromatic carboxylic acids is 1. The normalized spacial score (nSPS) is 26.8. The monoisotopic (exact) mass is 614 g/mol. The van der Waals surface area contributed by atoms with Crippen molar-refractivity contribution in [3.63, 3.8) is 0 Å². The molecule has 11 nitrogen and oxygen atoms in total. The number of hydrogen-bond acceptors (Lipinski definition) is 6. The summed E-state index contributed by atoms with van der Waals surface area (Å²) < 4.78 is 0. The molecule has 6 N–H and O–H groups in total. The number of aromatic amines is 2. The van der Waals surface area contributed by atoms with Gasteiger partial charge in [-0.25, -0.2) is 4.79 Å². The molecule has 2 aromatic heterocycles. The Bertz CT molecular complexity index is 1840. The summed E-state index contributed by atoms with van der Waals surface area (Å²) >= 11 is 0. The van der Waals surface area contributed by atoms with E-state index in [9.17, 15) is 34.5 Å². The number of fused-ring (bicyclic) bond motifs is 7. The Morgan fingerprint density at radius 2 is 1.78 bits per heavy atom. The van der Waals surface area contributed by atoms with E-state index in [1.165, 1.54) is 0 Å². The third kappa shape index (κ3) is 5.58. The number of carboxylic acids is 3. The number of hydrogen-bond donors (Lipinski definition) is 6. The topological polar surface area (TPSA) is 185 Å². The van der Waals surface area contributed by atoms with Crippen LogP contribution in [0.1, 0.15) is 78.0 Å². The highest BCUT2D eigenvalue weighted by atomic mass is 16.4. The molecule has 3 aliphatic rings. The Morgan fingerprint density at radius 1 is 1.04 bits per heavy atom. The van der Waals surface area contributed by atoms with Crippen LogP contribution in [-0.2, 0) is 14.4 Å². The number of carboxylic acid groups (broad SMARTS) is 3. The maximum Gasteiger partial charge on any atom is 0.338 e. The van der Waals surface area contributed by atoms with Crippen LogP contribution in [0.25, 0.3) is 29.9 Å². The van der Waals surface area contributed by atoms with Crippen molar-refractivity contribution in [2.24, 2.45) is 28.7 Å². The van der Waals surface area contributed by atoms with Gasteiger partial charge in [0.05, 0.1) is 35.0 Å². The summed E-state index contributed by atoms with van der Waals surface area (Å²) in [5, 5.41) is 34.0. The Morgan fingerprint density at radius 3 is 2.38 bits per heavy atom. The first kappa shape index (κ1) is 31.5. The zero-order valence-corrected chi connectivity index (χ0v) is 25.7. The minimum atomic E-state index is -1.23. The van der Waals surface area contributed by atoms with Gasteiger partial charge in [0.1, 0.15) is 6.29 Å². The van der Waals surface area contributed by atoms with Crippen LogP contribution in [0.15, 0.2) is 23.0 Å². The molecule has 0 saturated carbocycles. The van der Waals surface area contributed by atoms with Gasteiger partial charge in [-0.15, -0.1) is 0 Å². The van der Waals surface area contributed by atoms with Gasteiger partial charge in [-0.05, 0) is 62.0 Å². The number of allylic oxidation sites excluding steroid dienone is 2. The number of aromatic nitrogens is 2. The van der Waals surface area contributed by atoms with Crippen molar-refractivity contribution in [2.45, 2.75) is 59.4 Å². The van der Waals surface area contributed by atoms with E-state index in [0.29, 0.717) is 28.7 Å². The van der Waals surface area contributed by atoms with Crippen LogP contribution in [0.2, 0.25) is 0 Å². The number of H-pyrrole nitrogens is 2. The summed E-state index contributed by atoms with van der Waals surface area (Å²) in [6.07, 6.45) is 8.51. The van der Waals surface area contributed by atoms with E-state index in [-0.39, 0.29) is 47.2 Å². The molecular weight excluding hydrogens is 576 g/mol. The van der Waals surface area contributed by atoms with Crippen LogP contribution < -0.4 is 16.0 Å². The lowest BCUT2D eigenvalue weighted by atomic mass is 9.82. The lowest BCUT2D eigenvalue weighted by Gasteiger charge is -2.19. The maximum absolute atomic E-state index is 12.7. The van der Waals surface area contributed by atoms with Crippen LogP contribution in [0.5, 0.6) is 0 Å². The zero-order chi connectivity index (χ0) is 32.7. The SMILES string of the molecule is C=Cc1c2[nH]c(c1C)/C=C1\N=C(C(CC(=O)O)=c3[nH]/c(c(C)c3C(=O)O)=C\C3N/C(=C\2)C(C=O)C3CC)C(CCC(=O)O)C1C. The second-order valence-corrected chi connectivity index (χ2v) is 12.0. The maximum atomic E-state index is 12.7. The van der Waals surface area contributed by atoms with Crippen molar-refractivity contribution in [3.8, 4) is 0 Å². The van der Waals surface area contributed by atoms with Crippen LogP contribution in [-0.4, -0.2) is 61.2 Å². The van der Waals surface area contributed by atoms with Crippen LogP contribution in [0.3, 0.4) is 0 Å². The molecule has 0 amide bonds. The highest BCUT2D eigenvalue weighted by Crippen LogP contribution is 2.39. The average molecular weight is 615 g/mol. The summed E-state index contributed by atoms with van der Waals surface area (Å²) in [4.78, 5) is 60.7. The highest BCUT2D eigenvalue weighted by Gasteiger charge is 2.39. The number of nitrogens with one attached hydrogen (secondary N) is 3. The Labute approximate surface area is 259 Å². The van der Waals surface area contributed by atoms with E-state index in [2.05, 4.69) is 21.9 Å². The lowest BCUT2D eigenvalue weighted by molar-refractivity contribution is -0.137. The summed E-state index contributed by atoms with van der Waals surface area (Å²) in [5.74, 6) is -4.73. The first-order chi connectivity index (χ1) is 21.4. The second-order valence-electron chi connectivity index (χ2n) is 12.0. The van der Waals surface area contributed by atoms with Gasteiger partial charge in [-0.1, -0.05) is 26.5 Å². The zero-order valence-electron chi connectivity index (χ0n) is 25.7. The predicted octanol–water partition coefficient (Wildman–Crippen LogP) is 3.49. The number of carbonyl (C=O) groups is 4. The third-order valence-electron chi connectivity index (χ3n) is 9.52. The molecule has 2 aromatic rings. The molecule has 45 heavy (non-hydrogen) atoms. The van der Waals surface area contributed by atoms with Crippen molar-refractivity contribution in [1.82, 2.24) is 15.3 Å². The third-order valence-corrected chi connectivity index (χ3v) is 9.52. The van der Waals surface area contributed by atoms with Crippen LogP contribution >= 0.6 is 0 Å². The lowest BCUT2D eigenvalue weighted by Crippen LogP contribution is -2.29. The van der Waals surface area contributed by atoms with E-state index in [1.54, 1.807) is 13.0 Å². The quantitative estimate of drug-likeness (QED) is 0.232. The van der Waals surface area contributed by atoms with Gasteiger partial charge >= 0.3 is 17.9 Å². The summed E-state index contributed by atoms with van der Waals surface area (Å²) in [6, 6.07) is -0.333. The molecule has 0 aliphatic carbocycles. The smallest absolute Gasteiger partial charge is 0.338 e. The van der Waals surface area contributed by atoms with Crippen molar-refractivity contribution in [1.29, 1.82) is 0 Å². The van der Waals surface area contributed by atoms with Gasteiger partial charge in [0.25, 0.3) is 0 Å². The summed E-state index contributed by atoms with van der Waals surface area (Å²) in [6.45, 7) is 11.5. The van der Waals surface area contributed by atoms with E-state index in [1.807, 2.05) is 39.0 Å². The standard InChI is InChI=1S/C34H38N4O7/c1-6-18-15(3)23-11-24-16(4)20(8-9-29(40)41)32(37-24)21(10-30(42)43)33-31(34(44)45)17(5)25(38-33)12-27-19(7-2)22(14-39)28(36-27)13-26(18)35-23/h6,11-14,16,19-20,22,27,35-36,38H,1,7-10H2,2-5H3,(H,40,41)(H,42,43)(H,44,45)/b24-11-,25-12-,28-13-,33-21?. The molecular formula is C34H38N4O7. The first-order valence-electron chi connectivity index (χ1n) is 15.1. The molecule has 236 valence electrons. The molecule has 5 unspecified atom stereocenters. The number of aliphatic carboxylic acids is 2. The molecule has 5 atom stereocenters. The van der Waals surface area contributed by atoms with Crippen LogP contribution in [0.4, 0.5) is 0 Å². The Kier molecular flexibility index (Phi) is 8.55. The van der Waals surface area contributed by atoms with Gasteiger partial charge in [-0.3, -0.25) is 14.6 Å². The molecule has 0 aromatic carbocycles. The highest BCUT2D eigenvalue weighted by molar-refractivity contribution is 6.24. The minimum absolute atomic E-state index is 0.0691. The van der Waals surface area contributed by atoms with Crippen molar-refractivity contribution >= 4 is 59.8 Å². The molecule has 8 bridgehead atoms. The minimum Gasteiger partial charge on any atom is -0.481 e. The van der Waals surface area contributed by atoms with Gasteiger partial charge in [0, 0.05) is 57.5 Å². The fourth-order valence-corrected chi connectivity index (χ4v) is 7.11. The van der Waals surface area contributed by atoms with Gasteiger partial charge in [0.15, 0.2) is 0 Å². The van der Waals surface area contributed by atoms with Crippen LogP contribution in [0, 0.1) is 37.5 Å². The Hall–Kier alpha value is -4.93. The number of carbonyl (C=O) groups excluding carboxylic acids is 1. The summed E-state index contributed by atoms with van der Waals surface area (Å²) in [5.41, 5.74) is 5.50. The fourth-order valence-electron chi connectivity index (χ4n) is 7.11. The predicted molar refractivity (Wildman–Crippen MR) is 171 cm³/mol. The fraction of sp³-hybridized carbons (Fsp3) is 0.382. The van der Waals surface area contributed by atoms with E-state index in [4.69, 9.17) is 4.99 Å². The van der Waals surface area contributed by atoms with Gasteiger partial charge in [0.2, 0.25) is 0 Å². The van der Waals surface area contributed by atoms with Crippen molar-refractivity contribution in [2.75, 3.05) is 0 Å².